The minimum absolute atomic E-state index is 0.0685. The lowest BCUT2D eigenvalue weighted by molar-refractivity contribution is -0.122. The number of rotatable bonds is 5. The van der Waals surface area contributed by atoms with E-state index in [1.54, 1.807) is 60.7 Å². The molecule has 0 spiro atoms. The van der Waals surface area contributed by atoms with Crippen LogP contribution in [0, 0.1) is 5.82 Å². The standard InChI is InChI=1S/C22H16FN3O3S/c23-18-9-3-1-7-16(18)13-24-25-22-26(14-17-8-5-11-29-17)21(28)20(30-22)12-15-6-2-4-10-19(15)27/h1-13,27H,14H2/b20-12-,24-13-,25-22+. The van der Waals surface area contributed by atoms with Crippen LogP contribution in [0.3, 0.4) is 0 Å². The second-order valence-corrected chi connectivity index (χ2v) is 7.30. The molecular formula is C22H16FN3O3S. The number of phenolic OH excluding ortho intramolecular Hbond substituents is 1. The molecule has 1 aliphatic rings. The normalized spacial score (nSPS) is 17.0. The van der Waals surface area contributed by atoms with Crippen LogP contribution in [-0.4, -0.2) is 27.3 Å². The molecule has 0 aliphatic carbocycles. The first-order valence-electron chi connectivity index (χ1n) is 8.99. The summed E-state index contributed by atoms with van der Waals surface area (Å²) in [5, 5.41) is 18.4. The molecule has 0 bridgehead atoms. The van der Waals surface area contributed by atoms with Crippen molar-refractivity contribution in [3.05, 3.63) is 94.5 Å². The van der Waals surface area contributed by atoms with Gasteiger partial charge in [-0.2, -0.15) is 5.10 Å². The van der Waals surface area contributed by atoms with Crippen molar-refractivity contribution in [2.45, 2.75) is 6.54 Å². The lowest BCUT2D eigenvalue weighted by Crippen LogP contribution is -2.28. The minimum atomic E-state index is -0.413. The third-order valence-electron chi connectivity index (χ3n) is 4.25. The molecule has 1 amide bonds. The van der Waals surface area contributed by atoms with E-state index in [1.807, 2.05) is 0 Å². The molecule has 8 heteroatoms. The van der Waals surface area contributed by atoms with Crippen LogP contribution in [0.4, 0.5) is 4.39 Å². The molecule has 1 N–H and O–H groups in total. The van der Waals surface area contributed by atoms with Crippen LogP contribution in [0.2, 0.25) is 0 Å². The van der Waals surface area contributed by atoms with Crippen LogP contribution in [0.25, 0.3) is 6.08 Å². The number of carbonyl (C=O) groups is 1. The average molecular weight is 421 g/mol. The van der Waals surface area contributed by atoms with Crippen molar-refractivity contribution in [1.82, 2.24) is 4.90 Å². The number of para-hydroxylation sites is 1. The SMILES string of the molecule is O=C1/C(=C/c2ccccc2O)S/C(=N/N=C\c2ccccc2F)N1Cc1ccco1. The number of benzene rings is 2. The van der Waals surface area contributed by atoms with Gasteiger partial charge in [0.25, 0.3) is 5.91 Å². The molecule has 6 nitrogen and oxygen atoms in total. The van der Waals surface area contributed by atoms with Gasteiger partial charge in [-0.1, -0.05) is 36.4 Å². The van der Waals surface area contributed by atoms with Crippen molar-refractivity contribution in [1.29, 1.82) is 0 Å². The number of halogens is 1. The van der Waals surface area contributed by atoms with E-state index < -0.39 is 5.82 Å². The van der Waals surface area contributed by atoms with Crippen LogP contribution >= 0.6 is 11.8 Å². The molecule has 0 radical (unpaired) electrons. The third-order valence-corrected chi connectivity index (χ3v) is 5.25. The Bertz CT molecular complexity index is 1160. The van der Waals surface area contributed by atoms with Gasteiger partial charge in [0.1, 0.15) is 17.3 Å². The van der Waals surface area contributed by atoms with E-state index in [0.29, 0.717) is 27.0 Å². The number of thioether (sulfide) groups is 1. The van der Waals surface area contributed by atoms with E-state index in [4.69, 9.17) is 4.42 Å². The van der Waals surface area contributed by atoms with Crippen molar-refractivity contribution in [2.24, 2.45) is 10.2 Å². The van der Waals surface area contributed by atoms with E-state index in [9.17, 15) is 14.3 Å². The predicted octanol–water partition coefficient (Wildman–Crippen LogP) is 4.63. The number of hydrogen-bond acceptors (Lipinski definition) is 6. The fourth-order valence-electron chi connectivity index (χ4n) is 2.75. The molecule has 0 atom stereocenters. The largest absolute Gasteiger partial charge is 0.507 e. The number of phenols is 1. The zero-order chi connectivity index (χ0) is 20.9. The summed E-state index contributed by atoms with van der Waals surface area (Å²) in [5.41, 5.74) is 0.807. The number of amidine groups is 1. The molecule has 30 heavy (non-hydrogen) atoms. The van der Waals surface area contributed by atoms with Crippen LogP contribution in [0.15, 0.2) is 86.5 Å². The maximum absolute atomic E-state index is 13.8. The Morgan fingerprint density at radius 1 is 1.07 bits per heavy atom. The first kappa shape index (κ1) is 19.7. The third kappa shape index (κ3) is 4.33. The zero-order valence-electron chi connectivity index (χ0n) is 15.6. The molecular weight excluding hydrogens is 405 g/mol. The topological polar surface area (TPSA) is 78.4 Å². The van der Waals surface area contributed by atoms with E-state index in [0.717, 1.165) is 11.8 Å². The number of carbonyl (C=O) groups excluding carboxylic acids is 1. The van der Waals surface area contributed by atoms with Crippen LogP contribution < -0.4 is 0 Å². The van der Waals surface area contributed by atoms with Crippen LogP contribution in [0.1, 0.15) is 16.9 Å². The van der Waals surface area contributed by atoms with Gasteiger partial charge in [-0.05, 0) is 42.1 Å². The molecule has 0 unspecified atom stereocenters. The maximum atomic E-state index is 13.8. The average Bonchev–Trinajstić information content (AvgIpc) is 3.35. The Morgan fingerprint density at radius 3 is 2.57 bits per heavy atom. The molecule has 2 aromatic carbocycles. The molecule has 4 rings (SSSR count). The molecule has 2 heterocycles. The van der Waals surface area contributed by atoms with Gasteiger partial charge in [0.05, 0.1) is 23.9 Å². The van der Waals surface area contributed by atoms with Crippen molar-refractivity contribution in [3.8, 4) is 5.75 Å². The monoisotopic (exact) mass is 421 g/mol. The van der Waals surface area contributed by atoms with Crippen LogP contribution in [0.5, 0.6) is 5.75 Å². The van der Waals surface area contributed by atoms with Crippen molar-refractivity contribution >= 4 is 35.1 Å². The highest BCUT2D eigenvalue weighted by atomic mass is 32.2. The number of nitrogens with zero attached hydrogens (tertiary/aromatic N) is 3. The highest BCUT2D eigenvalue weighted by Gasteiger charge is 2.34. The number of aromatic hydroxyl groups is 1. The summed E-state index contributed by atoms with van der Waals surface area (Å²) < 4.78 is 19.1. The van der Waals surface area contributed by atoms with Crippen molar-refractivity contribution < 1.29 is 18.7 Å². The Kier molecular flexibility index (Phi) is 5.76. The molecule has 150 valence electrons. The predicted molar refractivity (Wildman–Crippen MR) is 114 cm³/mol. The lowest BCUT2D eigenvalue weighted by Gasteiger charge is -2.12. The van der Waals surface area contributed by atoms with Crippen molar-refractivity contribution in [3.63, 3.8) is 0 Å². The molecule has 3 aromatic rings. The van der Waals surface area contributed by atoms with Crippen LogP contribution in [-0.2, 0) is 11.3 Å². The molecule has 1 aliphatic heterocycles. The van der Waals surface area contributed by atoms with E-state index >= 15 is 0 Å². The summed E-state index contributed by atoms with van der Waals surface area (Å²) in [5.74, 6) is -0.0545. The summed E-state index contributed by atoms with van der Waals surface area (Å²) in [4.78, 5) is 14.8. The van der Waals surface area contributed by atoms with E-state index in [1.165, 1.54) is 23.4 Å². The summed E-state index contributed by atoms with van der Waals surface area (Å²) in [7, 11) is 0. The van der Waals surface area contributed by atoms with Crippen molar-refractivity contribution in [2.75, 3.05) is 0 Å². The first-order chi connectivity index (χ1) is 14.6. The fourth-order valence-corrected chi connectivity index (χ4v) is 3.68. The summed E-state index contributed by atoms with van der Waals surface area (Å²) in [6, 6.07) is 16.4. The van der Waals surface area contributed by atoms with Gasteiger partial charge in [0, 0.05) is 11.1 Å². The van der Waals surface area contributed by atoms with Gasteiger partial charge in [0.2, 0.25) is 0 Å². The fraction of sp³-hybridized carbons (Fsp3) is 0.0455. The summed E-state index contributed by atoms with van der Waals surface area (Å²) in [6.45, 7) is 0.172. The van der Waals surface area contributed by atoms with Gasteiger partial charge in [-0.15, -0.1) is 5.10 Å². The molecule has 1 fully saturated rings. The lowest BCUT2D eigenvalue weighted by atomic mass is 10.2. The Labute approximate surface area is 176 Å². The van der Waals surface area contributed by atoms with Gasteiger partial charge >= 0.3 is 0 Å². The second-order valence-electron chi connectivity index (χ2n) is 6.29. The quantitative estimate of drug-likeness (QED) is 0.370. The number of amides is 1. The van der Waals surface area contributed by atoms with Gasteiger partial charge < -0.3 is 9.52 Å². The Hall–Kier alpha value is -3.65. The Morgan fingerprint density at radius 2 is 1.83 bits per heavy atom. The smallest absolute Gasteiger partial charge is 0.267 e. The molecule has 0 saturated carbocycles. The van der Waals surface area contributed by atoms with Gasteiger partial charge in [0.15, 0.2) is 5.17 Å². The zero-order valence-corrected chi connectivity index (χ0v) is 16.4. The van der Waals surface area contributed by atoms with Gasteiger partial charge in [-0.3, -0.25) is 9.69 Å². The number of furan rings is 1. The van der Waals surface area contributed by atoms with E-state index in [-0.39, 0.29) is 18.2 Å². The maximum Gasteiger partial charge on any atom is 0.267 e. The highest BCUT2D eigenvalue weighted by Crippen LogP contribution is 2.35. The van der Waals surface area contributed by atoms with E-state index in [2.05, 4.69) is 10.2 Å². The second kappa shape index (κ2) is 8.79. The highest BCUT2D eigenvalue weighted by molar-refractivity contribution is 8.18. The molecule has 1 aromatic heterocycles. The molecule has 1 saturated heterocycles. The summed E-state index contributed by atoms with van der Waals surface area (Å²) in [6.07, 6.45) is 4.42. The van der Waals surface area contributed by atoms with Gasteiger partial charge in [-0.25, -0.2) is 4.39 Å². The number of hydrogen-bond donors (Lipinski definition) is 1. The minimum Gasteiger partial charge on any atom is -0.507 e. The first-order valence-corrected chi connectivity index (χ1v) is 9.81. The summed E-state index contributed by atoms with van der Waals surface area (Å²) >= 11 is 1.12. The Balaban J connectivity index is 1.65.